The zero-order chi connectivity index (χ0) is 29.2. The van der Waals surface area contributed by atoms with E-state index >= 15 is 0 Å². The van der Waals surface area contributed by atoms with Gasteiger partial charge in [-0.3, -0.25) is 0 Å². The molecule has 0 atom stereocenters. The van der Waals surface area contributed by atoms with Crippen molar-refractivity contribution in [3.05, 3.63) is 95.0 Å². The van der Waals surface area contributed by atoms with Gasteiger partial charge in [-0.15, -0.1) is 11.3 Å². The lowest BCUT2D eigenvalue weighted by Gasteiger charge is -2.12. The summed E-state index contributed by atoms with van der Waals surface area (Å²) in [6.45, 7) is 8.82. The summed E-state index contributed by atoms with van der Waals surface area (Å²) in [5.41, 5.74) is 8.26. The van der Waals surface area contributed by atoms with Crippen LogP contribution >= 0.6 is 11.3 Å². The minimum Gasteiger partial charge on any atom is -0.508 e. The Kier molecular flexibility index (Phi) is 10.3. The number of aliphatic hydroxyl groups excluding tert-OH is 1. The Balaban J connectivity index is 0.000000909. The highest BCUT2D eigenvalue weighted by Crippen LogP contribution is 2.30. The van der Waals surface area contributed by atoms with Crippen LogP contribution in [0.2, 0.25) is 0 Å². The third-order valence-electron chi connectivity index (χ3n) is 6.49. The van der Waals surface area contributed by atoms with Crippen molar-refractivity contribution in [2.24, 2.45) is 0 Å². The van der Waals surface area contributed by atoms with E-state index in [1.165, 1.54) is 24.2 Å². The smallest absolute Gasteiger partial charge is 0.163 e. The van der Waals surface area contributed by atoms with Crippen molar-refractivity contribution >= 4 is 44.6 Å². The Morgan fingerprint density at radius 3 is 2.41 bits per heavy atom. The number of ether oxygens (including phenoxy) is 1. The van der Waals surface area contributed by atoms with E-state index in [1.54, 1.807) is 18.7 Å². The lowest BCUT2D eigenvalue weighted by atomic mass is 10.1. The fourth-order valence-electron chi connectivity index (χ4n) is 4.02. The van der Waals surface area contributed by atoms with Crippen LogP contribution in [0.4, 0.5) is 17.2 Å². The highest BCUT2D eigenvalue weighted by Gasteiger charge is 2.13. The summed E-state index contributed by atoms with van der Waals surface area (Å²) in [5.74, 6) is 2.41. The number of allylic oxidation sites excluding steroid dienone is 1. The van der Waals surface area contributed by atoms with Crippen molar-refractivity contribution in [2.45, 2.75) is 47.1 Å². The molecule has 2 heterocycles. The maximum Gasteiger partial charge on any atom is 0.163 e. The average Bonchev–Trinajstić information content (AvgIpc) is 3.49. The van der Waals surface area contributed by atoms with Crippen LogP contribution in [0.5, 0.6) is 5.75 Å². The molecule has 0 amide bonds. The number of nitrogens with one attached hydrogen (secondary N) is 2. The summed E-state index contributed by atoms with van der Waals surface area (Å²) in [6, 6.07) is 21.8. The van der Waals surface area contributed by atoms with Gasteiger partial charge in [-0.05, 0) is 79.6 Å². The summed E-state index contributed by atoms with van der Waals surface area (Å²) in [5, 5.41) is 16.7. The first-order valence-corrected chi connectivity index (χ1v) is 14.6. The minimum atomic E-state index is 0.271. The molecule has 0 fully saturated rings. The van der Waals surface area contributed by atoms with Crippen molar-refractivity contribution in [2.75, 3.05) is 17.7 Å². The van der Waals surface area contributed by atoms with Gasteiger partial charge in [-0.2, -0.15) is 0 Å². The minimum absolute atomic E-state index is 0.271. The lowest BCUT2D eigenvalue weighted by molar-refractivity contribution is 0.412. The van der Waals surface area contributed by atoms with Crippen LogP contribution in [0.15, 0.2) is 78.3 Å². The van der Waals surface area contributed by atoms with E-state index in [2.05, 4.69) is 41.6 Å². The summed E-state index contributed by atoms with van der Waals surface area (Å²) < 4.78 is 5.38. The van der Waals surface area contributed by atoms with Crippen LogP contribution in [0, 0.1) is 6.92 Å². The van der Waals surface area contributed by atoms with E-state index in [9.17, 15) is 5.11 Å². The van der Waals surface area contributed by atoms with Crippen molar-refractivity contribution in [1.29, 1.82) is 0 Å². The average molecular weight is 568 g/mol. The van der Waals surface area contributed by atoms with Gasteiger partial charge in [-0.1, -0.05) is 44.9 Å². The van der Waals surface area contributed by atoms with Crippen LogP contribution in [-0.2, 0) is 6.54 Å². The monoisotopic (exact) mass is 567 g/mol. The Hall–Kier alpha value is -4.43. The molecular weight excluding hydrogens is 530 g/mol. The molecule has 0 unspecified atom stereocenters. The van der Waals surface area contributed by atoms with Gasteiger partial charge in [0.15, 0.2) is 11.6 Å². The van der Waals surface area contributed by atoms with Gasteiger partial charge in [0, 0.05) is 29.0 Å². The molecule has 5 aromatic rings. The van der Waals surface area contributed by atoms with Gasteiger partial charge in [0.05, 0.1) is 12.6 Å². The second-order valence-corrected chi connectivity index (χ2v) is 10.3. The van der Waals surface area contributed by atoms with E-state index in [1.807, 2.05) is 68.4 Å². The number of anilines is 3. The van der Waals surface area contributed by atoms with Crippen LogP contribution < -0.4 is 15.4 Å². The molecule has 5 rings (SSSR count). The summed E-state index contributed by atoms with van der Waals surface area (Å²) in [7, 11) is 1.67. The normalized spacial score (nSPS) is 11.1. The van der Waals surface area contributed by atoms with Crippen LogP contribution in [0.25, 0.3) is 27.5 Å². The lowest BCUT2D eigenvalue weighted by Crippen LogP contribution is -2.01. The highest BCUT2D eigenvalue weighted by atomic mass is 32.1. The third kappa shape index (κ3) is 7.61. The number of nitrogens with zero attached hydrogens (tertiary/aromatic N) is 3. The van der Waals surface area contributed by atoms with E-state index in [-0.39, 0.29) is 5.76 Å². The summed E-state index contributed by atoms with van der Waals surface area (Å²) >= 11 is 1.49. The van der Waals surface area contributed by atoms with Crippen molar-refractivity contribution in [3.63, 3.8) is 0 Å². The largest absolute Gasteiger partial charge is 0.508 e. The third-order valence-corrected chi connectivity index (χ3v) is 7.21. The van der Waals surface area contributed by atoms with Crippen LogP contribution in [0.1, 0.15) is 50.3 Å². The first-order valence-electron chi connectivity index (χ1n) is 13.8. The van der Waals surface area contributed by atoms with Gasteiger partial charge >= 0.3 is 0 Å². The quantitative estimate of drug-likeness (QED) is 0.153. The summed E-state index contributed by atoms with van der Waals surface area (Å²) in [6.07, 6.45) is 4.32. The van der Waals surface area contributed by atoms with Gasteiger partial charge < -0.3 is 20.5 Å². The molecule has 3 N–H and O–H groups in total. The Labute approximate surface area is 246 Å². The van der Waals surface area contributed by atoms with E-state index in [0.717, 1.165) is 49.7 Å². The molecule has 0 saturated heterocycles. The molecule has 0 spiro atoms. The molecule has 0 aliphatic rings. The first kappa shape index (κ1) is 29.6. The molecule has 7 nitrogen and oxygen atoms in total. The van der Waals surface area contributed by atoms with Crippen molar-refractivity contribution in [1.82, 2.24) is 15.0 Å². The topological polar surface area (TPSA) is 92.2 Å². The molecule has 2 aromatic heterocycles. The number of benzene rings is 3. The van der Waals surface area contributed by atoms with Gasteiger partial charge in [0.1, 0.15) is 21.9 Å². The van der Waals surface area contributed by atoms with Crippen molar-refractivity contribution < 1.29 is 9.84 Å². The fourth-order valence-corrected chi connectivity index (χ4v) is 4.68. The number of rotatable bonds is 9. The number of hydrogen-bond acceptors (Lipinski definition) is 8. The standard InChI is InChI=1S/C29H27N5O2S.C4H10/c1-4-24(35)20-8-10-22(11-9-20)30-16-19-6-5-7-21(15-19)27-33-28(26-29(34-27)37-17-31-26)32-23-12-13-25(36-3)18(2)14-23;1-3-4-2/h4-15,17,30,35H,16H2,1-3H3,(H,32,33,34);3-4H2,1-2H3/b24-4+;. The van der Waals surface area contributed by atoms with E-state index in [4.69, 9.17) is 14.7 Å². The molecule has 0 aliphatic carbocycles. The summed E-state index contributed by atoms with van der Waals surface area (Å²) in [4.78, 5) is 14.9. The molecule has 0 radical (unpaired) electrons. The number of unbranched alkanes of at least 4 members (excludes halogenated alkanes) is 1. The number of thiazole rings is 1. The van der Waals surface area contributed by atoms with Crippen LogP contribution in [-0.4, -0.2) is 27.2 Å². The maximum atomic E-state index is 9.87. The highest BCUT2D eigenvalue weighted by molar-refractivity contribution is 7.16. The van der Waals surface area contributed by atoms with Gasteiger partial charge in [-0.25, -0.2) is 15.0 Å². The predicted octanol–water partition coefficient (Wildman–Crippen LogP) is 9.15. The molecule has 8 heteroatoms. The maximum absolute atomic E-state index is 9.87. The predicted molar refractivity (Wildman–Crippen MR) is 172 cm³/mol. The fraction of sp³-hybridized carbons (Fsp3) is 0.242. The van der Waals surface area contributed by atoms with Gasteiger partial charge in [0.25, 0.3) is 0 Å². The second kappa shape index (κ2) is 14.3. The van der Waals surface area contributed by atoms with E-state index < -0.39 is 0 Å². The van der Waals surface area contributed by atoms with Crippen LogP contribution in [0.3, 0.4) is 0 Å². The molecule has 41 heavy (non-hydrogen) atoms. The number of aliphatic hydroxyl groups is 1. The zero-order valence-corrected chi connectivity index (χ0v) is 25.0. The number of methoxy groups -OCH3 is 1. The molecule has 0 saturated carbocycles. The molecule has 0 bridgehead atoms. The van der Waals surface area contributed by atoms with E-state index in [0.29, 0.717) is 18.2 Å². The van der Waals surface area contributed by atoms with Gasteiger partial charge in [0.2, 0.25) is 0 Å². The first-order chi connectivity index (χ1) is 19.9. The second-order valence-electron chi connectivity index (χ2n) is 9.52. The molecule has 0 aliphatic heterocycles. The number of fused-ring (bicyclic) bond motifs is 1. The van der Waals surface area contributed by atoms with Crippen molar-refractivity contribution in [3.8, 4) is 17.1 Å². The Morgan fingerprint density at radius 1 is 0.976 bits per heavy atom. The Bertz CT molecular complexity index is 1610. The number of aryl methyl sites for hydroxylation is 1. The number of aromatic nitrogens is 3. The molecular formula is C33H37N5O2S. The SMILES string of the molecule is C/C=C(/O)c1ccc(NCc2cccc(-c3nc(Nc4ccc(OC)c(C)c4)c4ncsc4n3)c2)cc1.CCCC. The Morgan fingerprint density at radius 2 is 1.73 bits per heavy atom. The number of hydrogen-bond donors (Lipinski definition) is 3. The zero-order valence-electron chi connectivity index (χ0n) is 24.2. The molecule has 212 valence electrons. The molecule has 3 aromatic carbocycles.